The number of nitrogens with zero attached hydrogens (tertiary/aromatic N) is 5. The Labute approximate surface area is 347 Å². The molecule has 0 fully saturated rings. The lowest BCUT2D eigenvalue weighted by Crippen LogP contribution is -2.22. The van der Waals surface area contributed by atoms with E-state index in [0.29, 0.717) is 34.2 Å². The molecule has 6 aromatic rings. The molecule has 6 rings (SSSR count). The zero-order valence-electron chi connectivity index (χ0n) is 35.8. The van der Waals surface area contributed by atoms with Gasteiger partial charge in [0.1, 0.15) is 16.2 Å². The Morgan fingerprint density at radius 3 is 1.83 bits per heavy atom. The lowest BCUT2D eigenvalue weighted by atomic mass is 9.86. The summed E-state index contributed by atoms with van der Waals surface area (Å²) in [6, 6.07) is 21.5. The number of fused-ring (bicyclic) bond motifs is 2. The highest BCUT2D eigenvalue weighted by Crippen LogP contribution is 2.28. The van der Waals surface area contributed by atoms with Crippen LogP contribution in [0.3, 0.4) is 0 Å². The molecule has 0 unspecified atom stereocenters. The Bertz CT molecular complexity index is 2450. The van der Waals surface area contributed by atoms with Crippen LogP contribution in [0.15, 0.2) is 82.1 Å². The topological polar surface area (TPSA) is 246 Å². The van der Waals surface area contributed by atoms with Crippen molar-refractivity contribution in [1.82, 2.24) is 14.5 Å². The van der Waals surface area contributed by atoms with E-state index in [0.717, 1.165) is 48.6 Å². The van der Waals surface area contributed by atoms with Crippen LogP contribution < -0.4 is 32.7 Å². The number of hydrogen-bond acceptors (Lipinski definition) is 13. The molecule has 0 saturated carbocycles. The second-order valence-electron chi connectivity index (χ2n) is 15.0. The van der Waals surface area contributed by atoms with Crippen molar-refractivity contribution >= 4 is 72.7 Å². The van der Waals surface area contributed by atoms with Crippen LogP contribution in [0.2, 0.25) is 0 Å². The molecule has 15 nitrogen and oxygen atoms in total. The minimum Gasteiger partial charge on any atom is -0.506 e. The van der Waals surface area contributed by atoms with Crippen molar-refractivity contribution in [1.29, 1.82) is 0 Å². The van der Waals surface area contributed by atoms with E-state index in [1.54, 1.807) is 36.4 Å². The standard InChI is InChI=1S/C12H14N2O2.C11H15N3.C10H16N2O3S.C10H16N2O/c1-12(2,3)10(15)7-4-5-8-9(6-7)16-11(13)14-8;1-7(2)8-4-5-9-10(6-8)14(3)11(12)13-9;1-3-12(4-2)8-5-6-9(11)10(7-8)16(13,14)15;1-3-12(4-2)8-5-6-9(11)10(13)7-8/h4-6H,1-3H3,(H2,13,14);4-7H,1-3H3,(H2,12,13);5-7H,3-4,11H2,1-2H3,(H,13,14,15);5-7,13H,3-4,11H2,1-2H3. The fourth-order valence-electron chi connectivity index (χ4n) is 5.95. The molecule has 0 spiro atoms. The minimum atomic E-state index is -4.26. The van der Waals surface area contributed by atoms with Gasteiger partial charge in [0.2, 0.25) is 5.95 Å². The molecule has 59 heavy (non-hydrogen) atoms. The van der Waals surface area contributed by atoms with Crippen molar-refractivity contribution in [2.45, 2.75) is 73.1 Å². The SMILES string of the molecule is CC(C)(C)C(=O)c1ccc2nc(N)oc2c1.CC(C)c1ccc2nc(N)n(C)c2c1.CCN(CC)c1ccc(N)c(O)c1.CCN(CC)c1ccc(N)c(S(=O)(=O)O)c1. The van der Waals surface area contributed by atoms with Crippen molar-refractivity contribution in [2.75, 3.05) is 58.9 Å². The minimum absolute atomic E-state index is 0.0541. The molecular weight excluding hydrogens is 771 g/mol. The lowest BCUT2D eigenvalue weighted by Gasteiger charge is -2.21. The van der Waals surface area contributed by atoms with E-state index in [9.17, 15) is 18.3 Å². The highest BCUT2D eigenvalue weighted by atomic mass is 32.2. The third kappa shape index (κ3) is 12.5. The van der Waals surface area contributed by atoms with Gasteiger partial charge in [0, 0.05) is 61.6 Å². The predicted octanol–water partition coefficient (Wildman–Crippen LogP) is 8.10. The van der Waals surface area contributed by atoms with Gasteiger partial charge in [0.25, 0.3) is 16.1 Å². The second kappa shape index (κ2) is 20.1. The van der Waals surface area contributed by atoms with E-state index in [1.807, 2.05) is 63.3 Å². The summed E-state index contributed by atoms with van der Waals surface area (Å²) in [5.41, 5.74) is 29.2. The van der Waals surface area contributed by atoms with E-state index >= 15 is 0 Å². The number of rotatable bonds is 9. The van der Waals surface area contributed by atoms with Crippen molar-refractivity contribution in [3.8, 4) is 5.75 Å². The summed E-state index contributed by atoms with van der Waals surface area (Å²) in [6.45, 7) is 21.5. The number of carbonyl (C=O) groups excluding carboxylic acids is 1. The summed E-state index contributed by atoms with van der Waals surface area (Å²) < 4.78 is 38.2. The highest BCUT2D eigenvalue weighted by Gasteiger charge is 2.23. The molecule has 0 aliphatic rings. The first-order chi connectivity index (χ1) is 27.5. The van der Waals surface area contributed by atoms with Crippen molar-refractivity contribution in [2.24, 2.45) is 12.5 Å². The Balaban J connectivity index is 0.000000211. The quantitative estimate of drug-likeness (QED) is 0.0349. The van der Waals surface area contributed by atoms with Gasteiger partial charge in [-0.15, -0.1) is 0 Å². The molecule has 0 radical (unpaired) electrons. The smallest absolute Gasteiger partial charge is 0.296 e. The number of imidazole rings is 1. The number of aromatic hydroxyl groups is 1. The third-order valence-corrected chi connectivity index (χ3v) is 10.4. The van der Waals surface area contributed by atoms with Crippen molar-refractivity contribution in [3.63, 3.8) is 0 Å². The fourth-order valence-corrected chi connectivity index (χ4v) is 6.59. The average Bonchev–Trinajstić information content (AvgIpc) is 3.70. The highest BCUT2D eigenvalue weighted by molar-refractivity contribution is 7.86. The van der Waals surface area contributed by atoms with Gasteiger partial charge < -0.3 is 46.8 Å². The summed E-state index contributed by atoms with van der Waals surface area (Å²) in [6.07, 6.45) is 0. The maximum atomic E-state index is 12.0. The first-order valence-electron chi connectivity index (χ1n) is 19.4. The van der Waals surface area contributed by atoms with E-state index in [4.69, 9.17) is 31.9 Å². The van der Waals surface area contributed by atoms with Gasteiger partial charge in [-0.1, -0.05) is 40.7 Å². The van der Waals surface area contributed by atoms with Crippen LogP contribution in [-0.4, -0.2) is 64.6 Å². The predicted molar refractivity (Wildman–Crippen MR) is 242 cm³/mol. The molecule has 2 heterocycles. The van der Waals surface area contributed by atoms with Gasteiger partial charge in [-0.25, -0.2) is 4.98 Å². The summed E-state index contributed by atoms with van der Waals surface area (Å²) in [7, 11) is -2.32. The van der Waals surface area contributed by atoms with Gasteiger partial charge in [0.05, 0.1) is 22.4 Å². The van der Waals surface area contributed by atoms with Gasteiger partial charge in [-0.05, 0) is 99.8 Å². The number of Topliss-reactive ketones (excluding diaryl/α,β-unsaturated/α-hetero) is 1. The van der Waals surface area contributed by atoms with E-state index in [-0.39, 0.29) is 28.1 Å². The number of nitrogen functional groups attached to an aromatic ring is 4. The fraction of sp³-hybridized carbons (Fsp3) is 0.372. The number of ketones is 1. The van der Waals surface area contributed by atoms with Crippen LogP contribution in [0, 0.1) is 5.41 Å². The Kier molecular flexibility index (Phi) is 16.2. The maximum absolute atomic E-state index is 12.0. The Morgan fingerprint density at radius 1 is 0.780 bits per heavy atom. The van der Waals surface area contributed by atoms with E-state index < -0.39 is 15.5 Å². The van der Waals surface area contributed by atoms with E-state index in [2.05, 4.69) is 54.7 Å². The molecule has 0 aliphatic heterocycles. The van der Waals surface area contributed by atoms with Crippen LogP contribution in [-0.2, 0) is 17.2 Å². The monoisotopic (exact) mass is 831 g/mol. The molecular formula is C43H61N9O6S. The molecule has 0 saturated heterocycles. The molecule has 2 aromatic heterocycles. The molecule has 16 heteroatoms. The summed E-state index contributed by atoms with van der Waals surface area (Å²) in [4.78, 5) is 24.1. The van der Waals surface area contributed by atoms with Crippen LogP contribution in [0.1, 0.15) is 84.2 Å². The number of carbonyl (C=O) groups is 1. The average molecular weight is 832 g/mol. The Hall–Kier alpha value is -6.00. The Morgan fingerprint density at radius 2 is 1.32 bits per heavy atom. The molecule has 0 bridgehead atoms. The first-order valence-corrected chi connectivity index (χ1v) is 20.9. The molecule has 0 amide bonds. The van der Waals surface area contributed by atoms with Gasteiger partial charge >= 0.3 is 0 Å². The lowest BCUT2D eigenvalue weighted by molar-refractivity contribution is 0.0858. The number of aryl methyl sites for hydroxylation is 1. The number of phenolic OH excluding ortho intramolecular Hbond substituents is 1. The summed E-state index contributed by atoms with van der Waals surface area (Å²) >= 11 is 0. The summed E-state index contributed by atoms with van der Waals surface area (Å²) in [5.74, 6) is 1.34. The number of hydrogen-bond donors (Lipinski definition) is 6. The maximum Gasteiger partial charge on any atom is 0.296 e. The zero-order valence-corrected chi connectivity index (χ0v) is 36.6. The van der Waals surface area contributed by atoms with Crippen LogP contribution >= 0.6 is 0 Å². The zero-order chi connectivity index (χ0) is 44.4. The van der Waals surface area contributed by atoms with Crippen LogP contribution in [0.4, 0.5) is 34.7 Å². The number of nitrogens with two attached hydrogens (primary N) is 4. The number of aromatic nitrogens is 3. The normalized spacial score (nSPS) is 11.3. The number of phenols is 1. The molecule has 10 N–H and O–H groups in total. The van der Waals surface area contributed by atoms with Crippen LogP contribution in [0.25, 0.3) is 22.1 Å². The molecule has 0 atom stereocenters. The second-order valence-corrected chi connectivity index (χ2v) is 16.4. The van der Waals surface area contributed by atoms with Crippen molar-refractivity contribution < 1.29 is 27.3 Å². The largest absolute Gasteiger partial charge is 0.506 e. The number of anilines is 6. The number of benzene rings is 4. The van der Waals surface area contributed by atoms with Crippen LogP contribution in [0.5, 0.6) is 5.75 Å². The number of oxazole rings is 1. The first kappa shape index (κ1) is 47.4. The van der Waals surface area contributed by atoms with Gasteiger partial charge in [-0.3, -0.25) is 9.35 Å². The van der Waals surface area contributed by atoms with Gasteiger partial charge in [0.15, 0.2) is 11.4 Å². The molecule has 4 aromatic carbocycles. The van der Waals surface area contributed by atoms with Crippen molar-refractivity contribution in [3.05, 3.63) is 83.9 Å². The molecule has 320 valence electrons. The van der Waals surface area contributed by atoms with E-state index in [1.165, 1.54) is 17.7 Å². The third-order valence-electron chi connectivity index (χ3n) is 9.50. The van der Waals surface area contributed by atoms with Gasteiger partial charge in [-0.2, -0.15) is 13.4 Å². The summed E-state index contributed by atoms with van der Waals surface area (Å²) in [5, 5.41) is 9.39. The molecule has 0 aliphatic carbocycles.